The van der Waals surface area contributed by atoms with Gasteiger partial charge in [0.2, 0.25) is 0 Å². The van der Waals surface area contributed by atoms with Crippen LogP contribution < -0.4 is 5.73 Å². The summed E-state index contributed by atoms with van der Waals surface area (Å²) in [7, 11) is 0. The number of hydrogen-bond acceptors (Lipinski definition) is 5. The quantitative estimate of drug-likeness (QED) is 0.427. The first kappa shape index (κ1) is 13.8. The molecule has 6 heteroatoms. The van der Waals surface area contributed by atoms with Gasteiger partial charge in [-0.25, -0.2) is 0 Å². The van der Waals surface area contributed by atoms with Crippen molar-refractivity contribution >= 4 is 33.9 Å². The molecule has 0 unspecified atom stereocenters. The van der Waals surface area contributed by atoms with Gasteiger partial charge in [0.15, 0.2) is 0 Å². The number of hydrogen-bond donors (Lipinski definition) is 2. The minimum atomic E-state index is -0.941. The van der Waals surface area contributed by atoms with Gasteiger partial charge in [0.25, 0.3) is 0 Å². The average Bonchev–Trinajstić information content (AvgIpc) is 2.17. The van der Waals surface area contributed by atoms with Crippen molar-refractivity contribution in [2.75, 3.05) is 19.1 Å². The fraction of sp³-hybridized carbons (Fsp3) is 0.750. The third-order valence-corrected chi connectivity index (χ3v) is 3.54. The van der Waals surface area contributed by atoms with Crippen LogP contribution in [0.4, 0.5) is 0 Å². The first-order valence-electron chi connectivity index (χ1n) is 4.22. The molecule has 3 N–H and O–H groups in total. The van der Waals surface area contributed by atoms with E-state index in [9.17, 15) is 4.79 Å². The molecule has 4 nitrogen and oxygen atoms in total. The van der Waals surface area contributed by atoms with Gasteiger partial charge in [-0.05, 0) is 25.4 Å². The maximum absolute atomic E-state index is 10.4. The number of aliphatic carboxylic acids is 1. The van der Waals surface area contributed by atoms with E-state index in [4.69, 9.17) is 10.8 Å². The number of carboxylic acids is 1. The zero-order chi connectivity index (χ0) is 11.0. The molecule has 0 aromatic rings. The van der Waals surface area contributed by atoms with E-state index in [1.807, 2.05) is 12.5 Å². The summed E-state index contributed by atoms with van der Waals surface area (Å²) in [5.74, 6) is -0.941. The number of thioether (sulfide) groups is 2. The van der Waals surface area contributed by atoms with Crippen LogP contribution in [0.2, 0.25) is 0 Å². The van der Waals surface area contributed by atoms with Gasteiger partial charge in [-0.15, -0.1) is 23.5 Å². The Bertz CT molecular complexity index is 204. The van der Waals surface area contributed by atoms with E-state index in [-0.39, 0.29) is 0 Å². The molecule has 0 aliphatic heterocycles. The van der Waals surface area contributed by atoms with E-state index < -0.39 is 12.0 Å². The van der Waals surface area contributed by atoms with Crippen LogP contribution >= 0.6 is 23.5 Å². The molecule has 14 heavy (non-hydrogen) atoms. The van der Waals surface area contributed by atoms with Gasteiger partial charge in [0.05, 0.1) is 0 Å². The predicted molar refractivity (Wildman–Crippen MR) is 64.2 cm³/mol. The zero-order valence-corrected chi connectivity index (χ0v) is 10.0. The number of carbonyl (C=O) groups is 1. The Labute approximate surface area is 92.7 Å². The fourth-order valence-corrected chi connectivity index (χ4v) is 1.92. The Kier molecular flexibility index (Phi) is 8.02. The number of aliphatic imine (C=N–C) groups is 1. The third-order valence-electron chi connectivity index (χ3n) is 1.58. The van der Waals surface area contributed by atoms with E-state index >= 15 is 0 Å². The Hall–Kier alpha value is -0.200. The molecule has 0 radical (unpaired) electrons. The second-order valence-electron chi connectivity index (χ2n) is 2.64. The smallest absolute Gasteiger partial charge is 0.320 e. The highest BCUT2D eigenvalue weighted by atomic mass is 32.2. The summed E-state index contributed by atoms with van der Waals surface area (Å²) in [5, 5.41) is 8.51. The topological polar surface area (TPSA) is 75.7 Å². The maximum atomic E-state index is 10.4. The van der Waals surface area contributed by atoms with Crippen molar-refractivity contribution in [2.24, 2.45) is 10.7 Å². The molecule has 82 valence electrons. The van der Waals surface area contributed by atoms with Crippen molar-refractivity contribution in [3.05, 3.63) is 0 Å². The van der Waals surface area contributed by atoms with Gasteiger partial charge in [0.1, 0.15) is 10.4 Å². The SMILES string of the molecule is CSC(=NCCC[C@H](N)C(=O)O)SC. The summed E-state index contributed by atoms with van der Waals surface area (Å²) in [4.78, 5) is 14.7. The lowest BCUT2D eigenvalue weighted by atomic mass is 10.2. The van der Waals surface area contributed by atoms with Crippen molar-refractivity contribution in [3.8, 4) is 0 Å². The first-order valence-corrected chi connectivity index (χ1v) is 6.67. The van der Waals surface area contributed by atoms with Gasteiger partial charge < -0.3 is 10.8 Å². The molecule has 0 saturated heterocycles. The van der Waals surface area contributed by atoms with Crippen LogP contribution in [-0.2, 0) is 4.79 Å². The number of nitrogens with two attached hydrogens (primary N) is 1. The van der Waals surface area contributed by atoms with Crippen LogP contribution in [0.3, 0.4) is 0 Å². The molecule has 0 rings (SSSR count). The van der Waals surface area contributed by atoms with Crippen LogP contribution in [0.15, 0.2) is 4.99 Å². The lowest BCUT2D eigenvalue weighted by molar-refractivity contribution is -0.138. The van der Waals surface area contributed by atoms with Gasteiger partial charge >= 0.3 is 5.97 Å². The van der Waals surface area contributed by atoms with E-state index in [1.165, 1.54) is 0 Å². The summed E-state index contributed by atoms with van der Waals surface area (Å²) < 4.78 is 1.02. The highest BCUT2D eigenvalue weighted by Gasteiger charge is 2.09. The summed E-state index contributed by atoms with van der Waals surface area (Å²) in [5.41, 5.74) is 5.34. The molecule has 0 bridgehead atoms. The van der Waals surface area contributed by atoms with Crippen LogP contribution in [0.5, 0.6) is 0 Å². The standard InChI is InChI=1S/C8H16N2O2S2/c1-13-8(14-2)10-5-3-4-6(9)7(11)12/h6H,3-5,9H2,1-2H3,(H,11,12)/t6-/m0/s1. The largest absolute Gasteiger partial charge is 0.480 e. The Morgan fingerprint density at radius 3 is 2.50 bits per heavy atom. The van der Waals surface area contributed by atoms with Gasteiger partial charge in [-0.3, -0.25) is 9.79 Å². The second kappa shape index (κ2) is 8.14. The van der Waals surface area contributed by atoms with Crippen molar-refractivity contribution < 1.29 is 9.90 Å². The molecule has 0 aromatic heterocycles. The number of rotatable bonds is 5. The molecule has 0 aliphatic rings. The Morgan fingerprint density at radius 2 is 2.07 bits per heavy atom. The fourth-order valence-electron chi connectivity index (χ4n) is 0.817. The van der Waals surface area contributed by atoms with Crippen LogP contribution in [0.25, 0.3) is 0 Å². The maximum Gasteiger partial charge on any atom is 0.320 e. The van der Waals surface area contributed by atoms with Crippen LogP contribution in [0.1, 0.15) is 12.8 Å². The minimum Gasteiger partial charge on any atom is -0.480 e. The second-order valence-corrected chi connectivity index (χ2v) is 4.49. The number of nitrogens with zero attached hydrogens (tertiary/aromatic N) is 1. The molecule has 1 atom stereocenters. The van der Waals surface area contributed by atoms with E-state index in [0.29, 0.717) is 13.0 Å². The van der Waals surface area contributed by atoms with Crippen LogP contribution in [0, 0.1) is 0 Å². The minimum absolute atomic E-state index is 0.481. The third kappa shape index (κ3) is 6.28. The highest BCUT2D eigenvalue weighted by molar-refractivity contribution is 8.38. The first-order chi connectivity index (χ1) is 6.61. The highest BCUT2D eigenvalue weighted by Crippen LogP contribution is 2.10. The van der Waals surface area contributed by atoms with Crippen molar-refractivity contribution in [1.29, 1.82) is 0 Å². The molecule has 0 amide bonds. The van der Waals surface area contributed by atoms with Gasteiger partial charge in [-0.2, -0.15) is 0 Å². The van der Waals surface area contributed by atoms with Gasteiger partial charge in [0, 0.05) is 6.54 Å². The van der Waals surface area contributed by atoms with Gasteiger partial charge in [-0.1, -0.05) is 0 Å². The van der Waals surface area contributed by atoms with Crippen molar-refractivity contribution in [3.63, 3.8) is 0 Å². The molecular weight excluding hydrogens is 220 g/mol. The molecule has 0 aliphatic carbocycles. The molecule has 0 fully saturated rings. The monoisotopic (exact) mass is 236 g/mol. The normalized spacial score (nSPS) is 12.2. The lowest BCUT2D eigenvalue weighted by Gasteiger charge is -2.04. The zero-order valence-electron chi connectivity index (χ0n) is 8.40. The molecule has 0 aromatic carbocycles. The summed E-state index contributed by atoms with van der Waals surface area (Å²) >= 11 is 3.20. The molecule has 0 saturated carbocycles. The summed E-state index contributed by atoms with van der Waals surface area (Å²) in [6.07, 6.45) is 5.14. The Balaban J connectivity index is 3.64. The lowest BCUT2D eigenvalue weighted by Crippen LogP contribution is -2.29. The molecular formula is C8H16N2O2S2. The van der Waals surface area contributed by atoms with Crippen LogP contribution in [-0.4, -0.2) is 40.5 Å². The van der Waals surface area contributed by atoms with E-state index in [1.54, 1.807) is 23.5 Å². The summed E-state index contributed by atoms with van der Waals surface area (Å²) in [6, 6.07) is -0.753. The van der Waals surface area contributed by atoms with E-state index in [0.717, 1.165) is 10.8 Å². The van der Waals surface area contributed by atoms with Crippen molar-refractivity contribution in [2.45, 2.75) is 18.9 Å². The predicted octanol–water partition coefficient (Wildman–Crippen LogP) is 1.26. The average molecular weight is 236 g/mol. The number of carboxylic acid groups (broad SMARTS) is 1. The van der Waals surface area contributed by atoms with Crippen molar-refractivity contribution in [1.82, 2.24) is 0 Å². The van der Waals surface area contributed by atoms with E-state index in [2.05, 4.69) is 4.99 Å². The molecule has 0 spiro atoms. The molecule has 0 heterocycles. The summed E-state index contributed by atoms with van der Waals surface area (Å²) in [6.45, 7) is 0.651. The Morgan fingerprint density at radius 1 is 1.50 bits per heavy atom.